The molecule has 1 aliphatic heterocycles. The molecule has 0 aliphatic carbocycles. The van der Waals surface area contributed by atoms with Crippen LogP contribution in [0.5, 0.6) is 5.75 Å². The van der Waals surface area contributed by atoms with Gasteiger partial charge in [0.1, 0.15) is 0 Å². The third-order valence-electron chi connectivity index (χ3n) is 3.44. The van der Waals surface area contributed by atoms with Crippen LogP contribution in [-0.2, 0) is 0 Å². The Kier molecular flexibility index (Phi) is 5.40. The zero-order valence-corrected chi connectivity index (χ0v) is 15.2. The van der Waals surface area contributed by atoms with Gasteiger partial charge < -0.3 is 0 Å². The van der Waals surface area contributed by atoms with Crippen molar-refractivity contribution in [2.75, 3.05) is 9.74 Å². The Balaban J connectivity index is 1.65. The standard InChI is InChI=1S/C16H11BF4IN2O2/c17-11-5-8(7-23-13(11)12-6-22-12)14(25)24-9-1-3-10(4-2-9)26-16(20,21)15(18)19/h1-5,7,12,15H,6H2,(H,24,25)/q-1. The van der Waals surface area contributed by atoms with Crippen LogP contribution in [0.2, 0.25) is 0 Å². The maximum atomic E-state index is 12.8. The molecule has 0 spiro atoms. The first-order chi connectivity index (χ1) is 12.3. The van der Waals surface area contributed by atoms with Crippen molar-refractivity contribution in [1.82, 2.24) is 4.98 Å². The van der Waals surface area contributed by atoms with E-state index >= 15 is 0 Å². The molecule has 1 aromatic carbocycles. The molecule has 2 heterocycles. The first-order valence-corrected chi connectivity index (χ1v) is 10.1. The van der Waals surface area contributed by atoms with Gasteiger partial charge in [0, 0.05) is 0 Å². The van der Waals surface area contributed by atoms with Crippen molar-refractivity contribution >= 4 is 24.9 Å². The number of pyridine rings is 1. The van der Waals surface area contributed by atoms with Gasteiger partial charge in [0.05, 0.1) is 0 Å². The van der Waals surface area contributed by atoms with Gasteiger partial charge in [-0.05, 0) is 0 Å². The first-order valence-electron chi connectivity index (χ1n) is 7.36. The van der Waals surface area contributed by atoms with Crippen LogP contribution in [0.4, 0.5) is 23.2 Å². The minimum absolute atomic E-state index is 0.139. The number of benzene rings is 1. The Labute approximate surface area is 158 Å². The number of rotatable bonds is 6. The van der Waals surface area contributed by atoms with Gasteiger partial charge in [-0.15, -0.1) is 0 Å². The number of anilines is 1. The van der Waals surface area contributed by atoms with Crippen LogP contribution in [0.25, 0.3) is 0 Å². The van der Waals surface area contributed by atoms with Gasteiger partial charge >= 0.3 is 140 Å². The number of nitrogens with one attached hydrogen (secondary N) is 1. The fourth-order valence-electron chi connectivity index (χ4n) is 2.08. The molecule has 0 bridgehead atoms. The van der Waals surface area contributed by atoms with Crippen LogP contribution < -0.4 is 36.7 Å². The summed E-state index contributed by atoms with van der Waals surface area (Å²) in [7, 11) is 5.92. The average molecular weight is 477 g/mol. The fourth-order valence-corrected chi connectivity index (χ4v) is 3.69. The molecule has 1 N–H and O–H groups in total. The molecular formula is C16H11BF4IN2O2-. The second-order valence-electron chi connectivity index (χ2n) is 5.42. The van der Waals surface area contributed by atoms with Gasteiger partial charge in [0.2, 0.25) is 0 Å². The summed E-state index contributed by atoms with van der Waals surface area (Å²) in [6.07, 6.45) is -7.09. The normalized spacial score (nSPS) is 16.7. The zero-order chi connectivity index (χ0) is 18.9. The van der Waals surface area contributed by atoms with E-state index < -0.39 is 24.2 Å². The van der Waals surface area contributed by atoms with E-state index in [-0.39, 0.29) is 32.5 Å². The molecule has 1 saturated heterocycles. The number of nitrogens with zero attached hydrogens (tertiary/aromatic N) is 1. The van der Waals surface area contributed by atoms with E-state index in [0.717, 1.165) is 22.3 Å². The van der Waals surface area contributed by atoms with Gasteiger partial charge in [-0.2, -0.15) is 17.6 Å². The van der Waals surface area contributed by atoms with Crippen LogP contribution in [0.15, 0.2) is 36.5 Å². The molecule has 1 amide bonds. The Morgan fingerprint density at radius 1 is 1.35 bits per heavy atom. The zero-order valence-electron chi connectivity index (χ0n) is 13.1. The van der Waals surface area contributed by atoms with Crippen molar-refractivity contribution in [2.24, 2.45) is 0 Å². The number of halogens is 5. The third kappa shape index (κ3) is 4.46. The number of aromatic nitrogens is 1. The van der Waals surface area contributed by atoms with Gasteiger partial charge in [0.25, 0.3) is 0 Å². The molecule has 1 fully saturated rings. The van der Waals surface area contributed by atoms with E-state index in [2.05, 4.69) is 15.0 Å². The Bertz CT molecular complexity index is 816. The van der Waals surface area contributed by atoms with Gasteiger partial charge in [-0.3, -0.25) is 0 Å². The van der Waals surface area contributed by atoms with Crippen LogP contribution >= 0.6 is 0 Å². The van der Waals surface area contributed by atoms with Crippen molar-refractivity contribution in [1.29, 1.82) is 0 Å². The average Bonchev–Trinajstić information content (AvgIpc) is 3.41. The summed E-state index contributed by atoms with van der Waals surface area (Å²) in [5, 5.41) is 2.54. The summed E-state index contributed by atoms with van der Waals surface area (Å²) < 4.78 is 55.4. The summed E-state index contributed by atoms with van der Waals surface area (Å²) in [6, 6.07) is 6.17. The molecule has 10 heteroatoms. The molecule has 2 radical (unpaired) electrons. The summed E-state index contributed by atoms with van der Waals surface area (Å²) in [6.45, 7) is 0. The number of alkyl halides is 6. The van der Waals surface area contributed by atoms with E-state index in [1.807, 2.05) is 0 Å². The quantitative estimate of drug-likeness (QED) is 0.265. The predicted molar refractivity (Wildman–Crippen MR) is 83.2 cm³/mol. The van der Waals surface area contributed by atoms with Crippen LogP contribution in [0.1, 0.15) is 20.0 Å². The summed E-state index contributed by atoms with van der Waals surface area (Å²) in [5.41, 5.74) is 1.83. The van der Waals surface area contributed by atoms with E-state index in [4.69, 9.17) is 7.85 Å². The number of hydrogen-bond donors (Lipinski definition) is 1. The molecule has 3 rings (SSSR count). The van der Waals surface area contributed by atoms with Gasteiger partial charge in [0.15, 0.2) is 0 Å². The van der Waals surface area contributed by atoms with Crippen molar-refractivity contribution < 1.29 is 48.3 Å². The Morgan fingerprint density at radius 2 is 2.00 bits per heavy atom. The summed E-state index contributed by atoms with van der Waals surface area (Å²) in [4.78, 5) is 16.5. The van der Waals surface area contributed by atoms with Crippen LogP contribution in [0, 0.1) is 0 Å². The number of hydrogen-bond acceptors (Lipinski definition) is 3. The van der Waals surface area contributed by atoms with E-state index in [1.54, 1.807) is 6.07 Å². The van der Waals surface area contributed by atoms with Crippen LogP contribution in [0.3, 0.4) is 0 Å². The fraction of sp³-hybridized carbons (Fsp3) is 0.250. The molecule has 4 nitrogen and oxygen atoms in total. The molecule has 26 heavy (non-hydrogen) atoms. The van der Waals surface area contributed by atoms with Crippen LogP contribution in [-0.4, -0.2) is 35.7 Å². The molecule has 136 valence electrons. The number of amides is 1. The first kappa shape index (κ1) is 18.9. The number of carbonyl (C=O) groups excluding carboxylic acids is 1. The Hall–Kier alpha value is -1.85. The van der Waals surface area contributed by atoms with E-state index in [0.29, 0.717) is 9.39 Å². The monoisotopic (exact) mass is 477 g/mol. The van der Waals surface area contributed by atoms with E-state index in [1.165, 1.54) is 18.3 Å². The molecule has 0 saturated carbocycles. The SMILES string of the molecule is [B]c1cc(C(=O)Nc2ccc(OC(F)(F)C(F)F)cc2)cnc1C1C[I-]1. The topological polar surface area (TPSA) is 51.2 Å². The number of carbonyl (C=O) groups is 1. The maximum absolute atomic E-state index is 12.8. The Morgan fingerprint density at radius 3 is 2.54 bits per heavy atom. The molecular weight excluding hydrogens is 466 g/mol. The predicted octanol–water partition coefficient (Wildman–Crippen LogP) is -0.492. The minimum atomic E-state index is -4.58. The van der Waals surface area contributed by atoms with Crippen molar-refractivity contribution in [3.63, 3.8) is 0 Å². The summed E-state index contributed by atoms with van der Waals surface area (Å²) >= 11 is 0.139. The number of ether oxygens (including phenoxy) is 1. The molecule has 2 aromatic rings. The van der Waals surface area contributed by atoms with Gasteiger partial charge in [-0.25, -0.2) is 0 Å². The molecule has 1 atom stereocenters. The second kappa shape index (κ2) is 7.41. The van der Waals surface area contributed by atoms with Crippen molar-refractivity contribution in [2.45, 2.75) is 16.5 Å². The van der Waals surface area contributed by atoms with Gasteiger partial charge in [-0.1, -0.05) is 0 Å². The second-order valence-corrected chi connectivity index (χ2v) is 8.68. The third-order valence-corrected chi connectivity index (χ3v) is 5.79. The molecule has 1 aromatic heterocycles. The van der Waals surface area contributed by atoms with E-state index in [9.17, 15) is 22.4 Å². The van der Waals surface area contributed by atoms with Crippen molar-refractivity contribution in [3.8, 4) is 5.75 Å². The molecule has 1 unspecified atom stereocenters. The summed E-state index contributed by atoms with van der Waals surface area (Å²) in [5.74, 6) is -0.927. The molecule has 1 aliphatic rings. The van der Waals surface area contributed by atoms with Crippen molar-refractivity contribution in [3.05, 3.63) is 47.8 Å².